The van der Waals surface area contributed by atoms with Crippen LogP contribution in [0.2, 0.25) is 0 Å². The van der Waals surface area contributed by atoms with E-state index in [4.69, 9.17) is 5.14 Å². The zero-order valence-electron chi connectivity index (χ0n) is 18.9. The summed E-state index contributed by atoms with van der Waals surface area (Å²) in [5.41, 5.74) is 2.91. The number of primary sulfonamides is 1. The number of hydrogen-bond acceptors (Lipinski definition) is 7. The van der Waals surface area contributed by atoms with Crippen molar-refractivity contribution in [3.8, 4) is 0 Å². The molecule has 1 aromatic heterocycles. The number of hydrogen-bond donors (Lipinski definition) is 3. The lowest BCUT2D eigenvalue weighted by Gasteiger charge is -2.33. The van der Waals surface area contributed by atoms with Crippen molar-refractivity contribution >= 4 is 33.4 Å². The highest BCUT2D eigenvalue weighted by Gasteiger charge is 2.26. The molecule has 1 atom stereocenters. The summed E-state index contributed by atoms with van der Waals surface area (Å²) in [5.74, 6) is 1.05. The lowest BCUT2D eigenvalue weighted by molar-refractivity contribution is -0.125. The number of rotatable bonds is 7. The standard InChI is InChI=1S/C24H28N6O3S/c1-17-4-6-18(7-5-17)15-27-23(31)19-3-2-14-30(16-19)22-12-13-26-24(29-22)28-20-8-10-21(11-9-20)34(25,32)33/h4-13,19H,2-3,14-16H2,1H3,(H,27,31)(H2,25,32,33)(H,26,28,29). The number of benzene rings is 2. The van der Waals surface area contributed by atoms with E-state index in [9.17, 15) is 13.2 Å². The fourth-order valence-electron chi connectivity index (χ4n) is 3.88. The average Bonchev–Trinajstić information content (AvgIpc) is 2.83. The molecule has 34 heavy (non-hydrogen) atoms. The molecule has 10 heteroatoms. The maximum absolute atomic E-state index is 12.8. The summed E-state index contributed by atoms with van der Waals surface area (Å²) in [6.45, 7) is 3.94. The Bertz CT molecular complexity index is 1250. The van der Waals surface area contributed by atoms with Crippen molar-refractivity contribution < 1.29 is 13.2 Å². The van der Waals surface area contributed by atoms with Gasteiger partial charge in [0.15, 0.2) is 0 Å². The van der Waals surface area contributed by atoms with Gasteiger partial charge in [0, 0.05) is 31.5 Å². The minimum Gasteiger partial charge on any atom is -0.356 e. The third-order valence-electron chi connectivity index (χ3n) is 5.78. The first-order valence-electron chi connectivity index (χ1n) is 11.1. The Hall–Kier alpha value is -3.50. The molecule has 1 fully saturated rings. The number of piperidine rings is 1. The van der Waals surface area contributed by atoms with E-state index in [1.807, 2.05) is 37.3 Å². The van der Waals surface area contributed by atoms with E-state index >= 15 is 0 Å². The number of nitrogens with zero attached hydrogens (tertiary/aromatic N) is 3. The van der Waals surface area contributed by atoms with Crippen LogP contribution in [0.15, 0.2) is 65.7 Å². The lowest BCUT2D eigenvalue weighted by atomic mass is 9.97. The molecular formula is C24H28N6O3S. The Morgan fingerprint density at radius 1 is 1.12 bits per heavy atom. The van der Waals surface area contributed by atoms with Crippen LogP contribution in [0.25, 0.3) is 0 Å². The summed E-state index contributed by atoms with van der Waals surface area (Å²) < 4.78 is 22.8. The highest BCUT2D eigenvalue weighted by molar-refractivity contribution is 7.89. The SMILES string of the molecule is Cc1ccc(CNC(=O)C2CCCN(c3ccnc(Nc4ccc(S(N)(=O)=O)cc4)n3)C2)cc1. The monoisotopic (exact) mass is 480 g/mol. The first-order valence-corrected chi connectivity index (χ1v) is 12.6. The molecule has 0 bridgehead atoms. The molecule has 4 N–H and O–H groups in total. The van der Waals surface area contributed by atoms with Gasteiger partial charge in [0.25, 0.3) is 0 Å². The smallest absolute Gasteiger partial charge is 0.238 e. The van der Waals surface area contributed by atoms with Crippen LogP contribution >= 0.6 is 0 Å². The maximum atomic E-state index is 12.8. The van der Waals surface area contributed by atoms with Gasteiger partial charge in [0.05, 0.1) is 10.8 Å². The number of carbonyl (C=O) groups excluding carboxylic acids is 1. The molecule has 2 aromatic carbocycles. The molecule has 4 rings (SSSR count). The van der Waals surface area contributed by atoms with Gasteiger partial charge in [-0.25, -0.2) is 18.5 Å². The molecule has 0 aliphatic carbocycles. The summed E-state index contributed by atoms with van der Waals surface area (Å²) in [6, 6.07) is 16.0. The van der Waals surface area contributed by atoms with Crippen molar-refractivity contribution in [3.05, 3.63) is 71.9 Å². The number of amides is 1. The molecule has 9 nitrogen and oxygen atoms in total. The first-order chi connectivity index (χ1) is 16.3. The molecule has 0 saturated carbocycles. The highest BCUT2D eigenvalue weighted by Crippen LogP contribution is 2.23. The van der Waals surface area contributed by atoms with Gasteiger partial charge in [0.1, 0.15) is 5.82 Å². The summed E-state index contributed by atoms with van der Waals surface area (Å²) in [6.07, 6.45) is 3.39. The average molecular weight is 481 g/mol. The van der Waals surface area contributed by atoms with Crippen LogP contribution in [-0.2, 0) is 21.4 Å². The number of nitrogens with two attached hydrogens (primary N) is 1. The van der Waals surface area contributed by atoms with Crippen LogP contribution in [0, 0.1) is 12.8 Å². The van der Waals surface area contributed by atoms with Crippen molar-refractivity contribution in [2.75, 3.05) is 23.3 Å². The molecule has 178 valence electrons. The third kappa shape index (κ3) is 6.09. The van der Waals surface area contributed by atoms with Gasteiger partial charge in [-0.1, -0.05) is 29.8 Å². The van der Waals surface area contributed by atoms with E-state index in [2.05, 4.69) is 25.5 Å². The van der Waals surface area contributed by atoms with Crippen LogP contribution < -0.4 is 20.7 Å². The van der Waals surface area contributed by atoms with E-state index in [0.29, 0.717) is 24.7 Å². The summed E-state index contributed by atoms with van der Waals surface area (Å²) in [7, 11) is -3.75. The Labute approximate surface area is 199 Å². The van der Waals surface area contributed by atoms with Gasteiger partial charge in [-0.05, 0) is 55.7 Å². The largest absolute Gasteiger partial charge is 0.356 e. The van der Waals surface area contributed by atoms with Gasteiger partial charge >= 0.3 is 0 Å². The predicted octanol–water partition coefficient (Wildman–Crippen LogP) is 2.71. The van der Waals surface area contributed by atoms with Crippen molar-refractivity contribution in [1.29, 1.82) is 0 Å². The number of aromatic nitrogens is 2. The molecule has 3 aromatic rings. The molecule has 1 aliphatic rings. The van der Waals surface area contributed by atoms with Crippen molar-refractivity contribution in [2.24, 2.45) is 11.1 Å². The van der Waals surface area contributed by atoms with Gasteiger partial charge in [0.2, 0.25) is 21.9 Å². The fraction of sp³-hybridized carbons (Fsp3) is 0.292. The van der Waals surface area contributed by atoms with Crippen molar-refractivity contribution in [1.82, 2.24) is 15.3 Å². The topological polar surface area (TPSA) is 130 Å². The number of nitrogens with one attached hydrogen (secondary N) is 2. The second-order valence-electron chi connectivity index (χ2n) is 8.42. The second kappa shape index (κ2) is 10.2. The van der Waals surface area contributed by atoms with E-state index in [1.165, 1.54) is 17.7 Å². The van der Waals surface area contributed by atoms with Crippen LogP contribution in [0.5, 0.6) is 0 Å². The second-order valence-corrected chi connectivity index (χ2v) is 9.98. The fourth-order valence-corrected chi connectivity index (χ4v) is 4.40. The molecule has 1 saturated heterocycles. The summed E-state index contributed by atoms with van der Waals surface area (Å²) in [5, 5.41) is 11.3. The minimum absolute atomic E-state index is 0.0349. The third-order valence-corrected chi connectivity index (χ3v) is 6.71. The molecule has 0 spiro atoms. The van der Waals surface area contributed by atoms with E-state index in [1.54, 1.807) is 18.3 Å². The number of carbonyl (C=O) groups is 1. The lowest BCUT2D eigenvalue weighted by Crippen LogP contribution is -2.43. The quantitative estimate of drug-likeness (QED) is 0.474. The van der Waals surface area contributed by atoms with Gasteiger partial charge < -0.3 is 15.5 Å². The summed E-state index contributed by atoms with van der Waals surface area (Å²) in [4.78, 5) is 23.8. The Morgan fingerprint density at radius 3 is 2.56 bits per heavy atom. The highest BCUT2D eigenvalue weighted by atomic mass is 32.2. The molecule has 1 amide bonds. The number of sulfonamides is 1. The van der Waals surface area contributed by atoms with Crippen LogP contribution in [-0.4, -0.2) is 37.4 Å². The van der Waals surface area contributed by atoms with Crippen molar-refractivity contribution in [3.63, 3.8) is 0 Å². The Kier molecular flexibility index (Phi) is 7.09. The Morgan fingerprint density at radius 2 is 1.85 bits per heavy atom. The Balaban J connectivity index is 1.37. The molecule has 1 aliphatic heterocycles. The first kappa shape index (κ1) is 23.7. The van der Waals surface area contributed by atoms with Gasteiger partial charge in [-0.3, -0.25) is 4.79 Å². The number of aryl methyl sites for hydroxylation is 1. The molecule has 0 radical (unpaired) electrons. The van der Waals surface area contributed by atoms with E-state index in [0.717, 1.165) is 30.8 Å². The minimum atomic E-state index is -3.75. The zero-order valence-corrected chi connectivity index (χ0v) is 19.8. The van der Waals surface area contributed by atoms with Crippen LogP contribution in [0.4, 0.5) is 17.5 Å². The number of anilines is 3. The van der Waals surface area contributed by atoms with E-state index in [-0.39, 0.29) is 16.7 Å². The zero-order chi connectivity index (χ0) is 24.1. The predicted molar refractivity (Wildman–Crippen MR) is 131 cm³/mol. The maximum Gasteiger partial charge on any atom is 0.238 e. The van der Waals surface area contributed by atoms with E-state index < -0.39 is 10.0 Å². The van der Waals surface area contributed by atoms with Gasteiger partial charge in [-0.2, -0.15) is 4.98 Å². The molecule has 1 unspecified atom stereocenters. The normalized spacial score (nSPS) is 16.2. The molecular weight excluding hydrogens is 452 g/mol. The molecule has 2 heterocycles. The van der Waals surface area contributed by atoms with Crippen LogP contribution in [0.1, 0.15) is 24.0 Å². The van der Waals surface area contributed by atoms with Gasteiger partial charge in [-0.15, -0.1) is 0 Å². The summed E-state index contributed by atoms with van der Waals surface area (Å²) >= 11 is 0. The van der Waals surface area contributed by atoms with Crippen LogP contribution in [0.3, 0.4) is 0 Å². The van der Waals surface area contributed by atoms with Crippen molar-refractivity contribution in [2.45, 2.75) is 31.2 Å².